The minimum atomic E-state index is -0.279. The van der Waals surface area contributed by atoms with Gasteiger partial charge in [-0.1, -0.05) is 12.1 Å². The van der Waals surface area contributed by atoms with E-state index in [9.17, 15) is 9.18 Å². The first-order chi connectivity index (χ1) is 12.0. The minimum Gasteiger partial charge on any atom is -0.497 e. The summed E-state index contributed by atoms with van der Waals surface area (Å²) in [5.41, 5.74) is 0.933. The monoisotopic (exact) mass is 346 g/mol. The van der Waals surface area contributed by atoms with E-state index in [1.807, 2.05) is 19.0 Å². The van der Waals surface area contributed by atoms with Gasteiger partial charge in [-0.15, -0.1) is 0 Å². The van der Waals surface area contributed by atoms with E-state index in [0.717, 1.165) is 11.3 Å². The van der Waals surface area contributed by atoms with Gasteiger partial charge < -0.3 is 19.7 Å². The van der Waals surface area contributed by atoms with Gasteiger partial charge in [0.1, 0.15) is 17.3 Å². The van der Waals surface area contributed by atoms with Crippen molar-refractivity contribution in [3.05, 3.63) is 59.9 Å². The largest absolute Gasteiger partial charge is 0.497 e. The summed E-state index contributed by atoms with van der Waals surface area (Å²) >= 11 is 0. The fourth-order valence-corrected chi connectivity index (χ4v) is 2.37. The Kier molecular flexibility index (Phi) is 6.77. The molecule has 2 aromatic carbocycles. The van der Waals surface area contributed by atoms with Crippen molar-refractivity contribution in [1.82, 2.24) is 10.2 Å². The summed E-state index contributed by atoms with van der Waals surface area (Å²) in [4.78, 5) is 14.0. The van der Waals surface area contributed by atoms with Crippen LogP contribution < -0.4 is 14.8 Å². The highest BCUT2D eigenvalue weighted by molar-refractivity contribution is 5.77. The number of rotatable bonds is 8. The molecule has 1 amide bonds. The van der Waals surface area contributed by atoms with Crippen LogP contribution in [0.2, 0.25) is 0 Å². The summed E-state index contributed by atoms with van der Waals surface area (Å²) in [6.45, 7) is 0.333. The van der Waals surface area contributed by atoms with E-state index in [1.54, 1.807) is 43.5 Å². The summed E-state index contributed by atoms with van der Waals surface area (Å²) in [5.74, 6) is 0.825. The van der Waals surface area contributed by atoms with Gasteiger partial charge in [-0.3, -0.25) is 4.79 Å². The van der Waals surface area contributed by atoms with Gasteiger partial charge in [0.05, 0.1) is 13.2 Å². The van der Waals surface area contributed by atoms with Crippen molar-refractivity contribution in [1.29, 1.82) is 0 Å². The molecule has 0 aliphatic rings. The lowest BCUT2D eigenvalue weighted by molar-refractivity contribution is -0.123. The summed E-state index contributed by atoms with van der Waals surface area (Å²) in [5, 5.41) is 2.85. The number of ether oxygens (including phenoxy) is 2. The van der Waals surface area contributed by atoms with Crippen molar-refractivity contribution >= 4 is 5.91 Å². The first-order valence-electron chi connectivity index (χ1n) is 7.95. The van der Waals surface area contributed by atoms with Crippen LogP contribution in [0.15, 0.2) is 48.5 Å². The van der Waals surface area contributed by atoms with E-state index in [-0.39, 0.29) is 24.4 Å². The topological polar surface area (TPSA) is 50.8 Å². The molecule has 0 saturated carbocycles. The number of nitrogens with zero attached hydrogens (tertiary/aromatic N) is 1. The lowest BCUT2D eigenvalue weighted by Crippen LogP contribution is -2.36. The maximum absolute atomic E-state index is 13.1. The normalized spacial score (nSPS) is 11.9. The molecule has 0 spiro atoms. The Bertz CT molecular complexity index is 672. The number of amides is 1. The molecule has 0 aliphatic heterocycles. The van der Waals surface area contributed by atoms with Crippen LogP contribution in [0, 0.1) is 5.82 Å². The fraction of sp³-hybridized carbons (Fsp3) is 0.316. The number of likely N-dealkylation sites (N-methyl/N-ethyl adjacent to an activating group) is 1. The SMILES string of the molecule is COc1ccc(OCC(=O)NC[C@H](c2ccc(F)cc2)N(C)C)cc1. The van der Waals surface area contributed by atoms with Gasteiger partial charge in [0.25, 0.3) is 5.91 Å². The number of nitrogens with one attached hydrogen (secondary N) is 1. The predicted molar refractivity (Wildman–Crippen MR) is 94.3 cm³/mol. The van der Waals surface area contributed by atoms with Crippen molar-refractivity contribution < 1.29 is 18.7 Å². The Morgan fingerprint density at radius 1 is 1.08 bits per heavy atom. The number of carbonyl (C=O) groups excluding carboxylic acids is 1. The van der Waals surface area contributed by atoms with Crippen LogP contribution in [-0.2, 0) is 4.79 Å². The second-order valence-corrected chi connectivity index (χ2v) is 5.80. The number of carbonyl (C=O) groups is 1. The zero-order chi connectivity index (χ0) is 18.2. The van der Waals surface area contributed by atoms with Gasteiger partial charge in [0.2, 0.25) is 0 Å². The molecule has 0 saturated heterocycles. The van der Waals surface area contributed by atoms with Gasteiger partial charge in [0.15, 0.2) is 6.61 Å². The molecule has 0 heterocycles. The molecule has 5 nitrogen and oxygen atoms in total. The highest BCUT2D eigenvalue weighted by atomic mass is 19.1. The lowest BCUT2D eigenvalue weighted by Gasteiger charge is -2.25. The van der Waals surface area contributed by atoms with Gasteiger partial charge in [0, 0.05) is 6.54 Å². The first-order valence-corrected chi connectivity index (χ1v) is 7.95. The quantitative estimate of drug-likeness (QED) is 0.798. The fourth-order valence-electron chi connectivity index (χ4n) is 2.37. The molecule has 1 atom stereocenters. The number of methoxy groups -OCH3 is 1. The van der Waals surface area contributed by atoms with Gasteiger partial charge >= 0.3 is 0 Å². The molecule has 2 rings (SSSR count). The van der Waals surface area contributed by atoms with Crippen molar-refractivity contribution in [2.75, 3.05) is 34.4 Å². The molecule has 134 valence electrons. The maximum Gasteiger partial charge on any atom is 0.258 e. The molecule has 1 N–H and O–H groups in total. The predicted octanol–water partition coefficient (Wildman–Crippen LogP) is 2.63. The molecule has 6 heteroatoms. The van der Waals surface area contributed by atoms with Crippen molar-refractivity contribution in [3.8, 4) is 11.5 Å². The highest BCUT2D eigenvalue weighted by Gasteiger charge is 2.15. The Hall–Kier alpha value is -2.60. The Balaban J connectivity index is 1.85. The van der Waals surface area contributed by atoms with Crippen LogP contribution in [0.3, 0.4) is 0 Å². The van der Waals surface area contributed by atoms with Crippen LogP contribution >= 0.6 is 0 Å². The molecule has 0 unspecified atom stereocenters. The number of hydrogen-bond donors (Lipinski definition) is 1. The van der Waals surface area contributed by atoms with Crippen LogP contribution in [0.5, 0.6) is 11.5 Å². The van der Waals surface area contributed by atoms with E-state index in [1.165, 1.54) is 12.1 Å². The third-order valence-corrected chi connectivity index (χ3v) is 3.80. The highest BCUT2D eigenvalue weighted by Crippen LogP contribution is 2.18. The average Bonchev–Trinajstić information content (AvgIpc) is 2.61. The minimum absolute atomic E-state index is 0.0504. The standard InChI is InChI=1S/C19H23FN2O3/c1-22(2)18(14-4-6-15(20)7-5-14)12-21-19(23)13-25-17-10-8-16(24-3)9-11-17/h4-11,18H,12-13H2,1-3H3,(H,21,23)/t18-/m1/s1. The zero-order valence-electron chi connectivity index (χ0n) is 14.7. The first kappa shape index (κ1) is 18.7. The van der Waals surface area contributed by atoms with Crippen LogP contribution in [0.4, 0.5) is 4.39 Å². The molecule has 0 aliphatic carbocycles. The van der Waals surface area contributed by atoms with Crippen LogP contribution in [0.25, 0.3) is 0 Å². The van der Waals surface area contributed by atoms with E-state index < -0.39 is 0 Å². The molecule has 0 bridgehead atoms. The number of hydrogen-bond acceptors (Lipinski definition) is 4. The van der Waals surface area contributed by atoms with Gasteiger partial charge in [-0.05, 0) is 56.1 Å². The van der Waals surface area contributed by atoms with Gasteiger partial charge in [-0.25, -0.2) is 4.39 Å². The molecular formula is C19H23FN2O3. The second-order valence-electron chi connectivity index (χ2n) is 5.80. The summed E-state index contributed by atoms with van der Waals surface area (Å²) in [6.07, 6.45) is 0. The smallest absolute Gasteiger partial charge is 0.258 e. The summed E-state index contributed by atoms with van der Waals surface area (Å²) in [6, 6.07) is 13.3. The molecule has 0 aromatic heterocycles. The number of benzene rings is 2. The van der Waals surface area contributed by atoms with Crippen molar-refractivity contribution in [3.63, 3.8) is 0 Å². The third-order valence-electron chi connectivity index (χ3n) is 3.80. The molecule has 2 aromatic rings. The van der Waals surface area contributed by atoms with Crippen molar-refractivity contribution in [2.24, 2.45) is 0 Å². The van der Waals surface area contributed by atoms with Crippen molar-refractivity contribution in [2.45, 2.75) is 6.04 Å². The average molecular weight is 346 g/mol. The van der Waals surface area contributed by atoms with E-state index >= 15 is 0 Å². The lowest BCUT2D eigenvalue weighted by atomic mass is 10.1. The second kappa shape index (κ2) is 9.03. The molecule has 25 heavy (non-hydrogen) atoms. The molecule has 0 fully saturated rings. The van der Waals surface area contributed by atoms with Gasteiger partial charge in [-0.2, -0.15) is 0 Å². The maximum atomic E-state index is 13.1. The van der Waals surface area contributed by atoms with E-state index in [0.29, 0.717) is 12.3 Å². The molecular weight excluding hydrogens is 323 g/mol. The van der Waals surface area contributed by atoms with E-state index in [2.05, 4.69) is 5.32 Å². The Morgan fingerprint density at radius 3 is 2.24 bits per heavy atom. The summed E-state index contributed by atoms with van der Waals surface area (Å²) < 4.78 is 23.6. The molecule has 0 radical (unpaired) electrons. The Labute approximate surface area is 147 Å². The zero-order valence-corrected chi connectivity index (χ0v) is 14.7. The number of halogens is 1. The van der Waals surface area contributed by atoms with Crippen LogP contribution in [-0.4, -0.2) is 45.2 Å². The van der Waals surface area contributed by atoms with Crippen LogP contribution in [0.1, 0.15) is 11.6 Å². The van der Waals surface area contributed by atoms with E-state index in [4.69, 9.17) is 9.47 Å². The Morgan fingerprint density at radius 2 is 1.68 bits per heavy atom. The summed E-state index contributed by atoms with van der Waals surface area (Å²) in [7, 11) is 5.41. The third kappa shape index (κ3) is 5.76.